The fraction of sp³-hybridized carbons (Fsp3) is 0.538. The van der Waals surface area contributed by atoms with Crippen LogP contribution in [-0.4, -0.2) is 29.2 Å². The molecule has 15 heavy (non-hydrogen) atoms. The molecular weight excluding hydrogens is 186 g/mol. The summed E-state index contributed by atoms with van der Waals surface area (Å²) in [7, 11) is 0. The predicted molar refractivity (Wildman–Crippen MR) is 61.7 cm³/mol. The van der Waals surface area contributed by atoms with E-state index in [4.69, 9.17) is 0 Å². The van der Waals surface area contributed by atoms with Crippen molar-refractivity contribution >= 4 is 0 Å². The van der Waals surface area contributed by atoms with Gasteiger partial charge in [-0.2, -0.15) is 0 Å². The van der Waals surface area contributed by atoms with Gasteiger partial charge in [-0.1, -0.05) is 24.3 Å². The van der Waals surface area contributed by atoms with Crippen molar-refractivity contribution < 1.29 is 5.11 Å². The molecule has 2 rings (SSSR count). The zero-order chi connectivity index (χ0) is 10.7. The fourth-order valence-corrected chi connectivity index (χ4v) is 2.30. The van der Waals surface area contributed by atoms with E-state index in [0.29, 0.717) is 0 Å². The molecule has 1 aromatic rings. The zero-order valence-electron chi connectivity index (χ0n) is 9.32. The minimum Gasteiger partial charge on any atom is -0.392 e. The van der Waals surface area contributed by atoms with Crippen LogP contribution in [0.25, 0.3) is 0 Å². The van der Waals surface area contributed by atoms with Crippen LogP contribution in [0.2, 0.25) is 0 Å². The molecule has 82 valence electrons. The molecule has 0 unspecified atom stereocenters. The normalized spacial score (nSPS) is 19.3. The Bertz CT molecular complexity index is 322. The van der Waals surface area contributed by atoms with Crippen LogP contribution in [0.5, 0.6) is 0 Å². The largest absolute Gasteiger partial charge is 0.392 e. The number of aryl methyl sites for hydroxylation is 1. The third-order valence-electron chi connectivity index (χ3n) is 2.96. The molecule has 0 spiro atoms. The third kappa shape index (κ3) is 2.80. The number of fused-ring (bicyclic) bond motifs is 1. The molecule has 1 N–H and O–H groups in total. The monoisotopic (exact) mass is 205 g/mol. The van der Waals surface area contributed by atoms with Gasteiger partial charge in [0.05, 0.1) is 6.10 Å². The molecule has 0 saturated carbocycles. The van der Waals surface area contributed by atoms with Gasteiger partial charge in [0.15, 0.2) is 0 Å². The maximum Gasteiger partial charge on any atom is 0.0639 e. The van der Waals surface area contributed by atoms with E-state index in [-0.39, 0.29) is 6.10 Å². The fourth-order valence-electron chi connectivity index (χ4n) is 2.30. The summed E-state index contributed by atoms with van der Waals surface area (Å²) >= 11 is 0. The van der Waals surface area contributed by atoms with Gasteiger partial charge in [0.25, 0.3) is 0 Å². The lowest BCUT2D eigenvalue weighted by Gasteiger charge is -2.21. The number of hydrogen-bond donors (Lipinski definition) is 1. The molecule has 0 radical (unpaired) electrons. The Balaban J connectivity index is 2.10. The summed E-state index contributed by atoms with van der Waals surface area (Å²) < 4.78 is 0. The Morgan fingerprint density at radius 1 is 1.33 bits per heavy atom. The van der Waals surface area contributed by atoms with Crippen LogP contribution in [0, 0.1) is 0 Å². The number of hydrogen-bond acceptors (Lipinski definition) is 2. The number of aliphatic hydroxyl groups is 1. The van der Waals surface area contributed by atoms with Crippen molar-refractivity contribution in [3.05, 3.63) is 35.4 Å². The van der Waals surface area contributed by atoms with Gasteiger partial charge in [0.2, 0.25) is 0 Å². The molecule has 1 aromatic carbocycles. The Kier molecular flexibility index (Phi) is 3.39. The highest BCUT2D eigenvalue weighted by Gasteiger charge is 2.14. The summed E-state index contributed by atoms with van der Waals surface area (Å²) in [6.45, 7) is 4.73. The average Bonchev–Trinajstić information content (AvgIpc) is 2.38. The average molecular weight is 205 g/mol. The van der Waals surface area contributed by atoms with Gasteiger partial charge in [-0.25, -0.2) is 0 Å². The van der Waals surface area contributed by atoms with Crippen LogP contribution < -0.4 is 0 Å². The standard InChI is InChI=1S/C13H19NO/c1-11(15)9-14-8-4-7-12-5-2-3-6-13(12)10-14/h2-3,5-6,11,15H,4,7-10H2,1H3/t11-/m0/s1. The van der Waals surface area contributed by atoms with Crippen LogP contribution >= 0.6 is 0 Å². The number of benzene rings is 1. The molecule has 0 amide bonds. The second-order valence-corrected chi connectivity index (χ2v) is 4.46. The van der Waals surface area contributed by atoms with Crippen LogP contribution in [0.1, 0.15) is 24.5 Å². The van der Waals surface area contributed by atoms with E-state index < -0.39 is 0 Å². The van der Waals surface area contributed by atoms with Crippen molar-refractivity contribution in [2.24, 2.45) is 0 Å². The molecule has 2 nitrogen and oxygen atoms in total. The van der Waals surface area contributed by atoms with Gasteiger partial charge in [-0.15, -0.1) is 0 Å². The number of β-amino-alcohol motifs (C(OH)–C–C–N with tert-alkyl or cyclic N) is 1. The number of aliphatic hydroxyl groups excluding tert-OH is 1. The molecule has 1 aliphatic heterocycles. The first kappa shape index (κ1) is 10.7. The first-order valence-electron chi connectivity index (χ1n) is 5.73. The predicted octanol–water partition coefficient (Wildman–Crippen LogP) is 1.82. The molecule has 0 fully saturated rings. The lowest BCUT2D eigenvalue weighted by atomic mass is 10.0. The quantitative estimate of drug-likeness (QED) is 0.796. The van der Waals surface area contributed by atoms with Gasteiger partial charge in [-0.05, 0) is 37.4 Å². The molecule has 0 aliphatic carbocycles. The van der Waals surface area contributed by atoms with Crippen molar-refractivity contribution in [1.29, 1.82) is 0 Å². The topological polar surface area (TPSA) is 23.5 Å². The molecule has 1 heterocycles. The van der Waals surface area contributed by atoms with Crippen LogP contribution in [0.15, 0.2) is 24.3 Å². The lowest BCUT2D eigenvalue weighted by Crippen LogP contribution is -2.30. The van der Waals surface area contributed by atoms with E-state index in [1.54, 1.807) is 0 Å². The summed E-state index contributed by atoms with van der Waals surface area (Å²) in [5, 5.41) is 9.40. The Hall–Kier alpha value is -0.860. The summed E-state index contributed by atoms with van der Waals surface area (Å²) in [6.07, 6.45) is 2.14. The number of nitrogens with zero attached hydrogens (tertiary/aromatic N) is 1. The molecule has 2 heteroatoms. The highest BCUT2D eigenvalue weighted by atomic mass is 16.3. The van der Waals surface area contributed by atoms with Crippen LogP contribution in [0.3, 0.4) is 0 Å². The maximum absolute atomic E-state index is 9.40. The highest BCUT2D eigenvalue weighted by molar-refractivity contribution is 5.27. The molecule has 1 aliphatic rings. The van der Waals surface area contributed by atoms with Crippen molar-refractivity contribution in [3.63, 3.8) is 0 Å². The maximum atomic E-state index is 9.40. The van der Waals surface area contributed by atoms with E-state index in [2.05, 4.69) is 29.2 Å². The molecule has 0 saturated heterocycles. The molecule has 0 bridgehead atoms. The van der Waals surface area contributed by atoms with Crippen molar-refractivity contribution in [2.75, 3.05) is 13.1 Å². The van der Waals surface area contributed by atoms with Crippen molar-refractivity contribution in [1.82, 2.24) is 4.90 Å². The first-order valence-corrected chi connectivity index (χ1v) is 5.73. The summed E-state index contributed by atoms with van der Waals surface area (Å²) in [6, 6.07) is 8.64. The zero-order valence-corrected chi connectivity index (χ0v) is 9.32. The van der Waals surface area contributed by atoms with Gasteiger partial charge < -0.3 is 5.11 Å². The first-order chi connectivity index (χ1) is 7.25. The van der Waals surface area contributed by atoms with Gasteiger partial charge in [0.1, 0.15) is 0 Å². The summed E-state index contributed by atoms with van der Waals surface area (Å²) in [5.74, 6) is 0. The van der Waals surface area contributed by atoms with Crippen molar-refractivity contribution in [2.45, 2.75) is 32.4 Å². The van der Waals surface area contributed by atoms with E-state index in [1.807, 2.05) is 6.92 Å². The van der Waals surface area contributed by atoms with Gasteiger partial charge >= 0.3 is 0 Å². The molecular formula is C13H19NO. The van der Waals surface area contributed by atoms with E-state index >= 15 is 0 Å². The molecule has 0 aromatic heterocycles. The van der Waals surface area contributed by atoms with E-state index in [1.165, 1.54) is 24.0 Å². The SMILES string of the molecule is C[C@H](O)CN1CCCc2ccccc2C1. The van der Waals surface area contributed by atoms with Crippen LogP contribution in [-0.2, 0) is 13.0 Å². The summed E-state index contributed by atoms with van der Waals surface area (Å²) in [4.78, 5) is 2.34. The lowest BCUT2D eigenvalue weighted by molar-refractivity contribution is 0.123. The Morgan fingerprint density at radius 3 is 2.80 bits per heavy atom. The minimum atomic E-state index is -0.227. The minimum absolute atomic E-state index is 0.227. The van der Waals surface area contributed by atoms with E-state index in [0.717, 1.165) is 19.6 Å². The van der Waals surface area contributed by atoms with Crippen LogP contribution in [0.4, 0.5) is 0 Å². The van der Waals surface area contributed by atoms with Crippen molar-refractivity contribution in [3.8, 4) is 0 Å². The second-order valence-electron chi connectivity index (χ2n) is 4.46. The molecule has 1 atom stereocenters. The Labute approximate surface area is 91.5 Å². The van der Waals surface area contributed by atoms with E-state index in [9.17, 15) is 5.11 Å². The van der Waals surface area contributed by atoms with Gasteiger partial charge in [-0.3, -0.25) is 4.90 Å². The Morgan fingerprint density at radius 2 is 2.07 bits per heavy atom. The highest BCUT2D eigenvalue weighted by Crippen LogP contribution is 2.18. The second kappa shape index (κ2) is 4.77. The smallest absolute Gasteiger partial charge is 0.0639 e. The third-order valence-corrected chi connectivity index (χ3v) is 2.96. The number of rotatable bonds is 2. The van der Waals surface area contributed by atoms with Gasteiger partial charge in [0, 0.05) is 13.1 Å². The summed E-state index contributed by atoms with van der Waals surface area (Å²) in [5.41, 5.74) is 2.90.